The minimum Gasteiger partial charge on any atom is -0.380 e. The number of nitrogens with one attached hydrogen (secondary N) is 1. The maximum absolute atomic E-state index is 12.3. The van der Waals surface area contributed by atoms with Gasteiger partial charge in [0.2, 0.25) is 0 Å². The van der Waals surface area contributed by atoms with Crippen molar-refractivity contribution in [2.45, 2.75) is 45.3 Å². The lowest BCUT2D eigenvalue weighted by Crippen LogP contribution is -2.45. The van der Waals surface area contributed by atoms with E-state index in [2.05, 4.69) is 31.0 Å². The molecule has 122 valence electrons. The van der Waals surface area contributed by atoms with Crippen LogP contribution in [0.1, 0.15) is 33.6 Å². The number of hydrogen-bond acceptors (Lipinski definition) is 4. The zero-order valence-electron chi connectivity index (χ0n) is 13.6. The zero-order chi connectivity index (χ0) is 16.2. The fraction of sp³-hybridized carbons (Fsp3) is 0.588. The molecule has 0 aromatic heterocycles. The van der Waals surface area contributed by atoms with Crippen LogP contribution in [0.4, 0.5) is 11.4 Å². The summed E-state index contributed by atoms with van der Waals surface area (Å²) in [5.74, 6) is 1.39. The smallest absolute Gasteiger partial charge is 0.256 e. The van der Waals surface area contributed by atoms with Gasteiger partial charge in [0.05, 0.1) is 0 Å². The first-order valence-electron chi connectivity index (χ1n) is 7.94. The fourth-order valence-corrected chi connectivity index (χ4v) is 3.93. The summed E-state index contributed by atoms with van der Waals surface area (Å²) in [5.41, 5.74) is 0.667. The number of thioether (sulfide) groups is 1. The van der Waals surface area contributed by atoms with Crippen molar-refractivity contribution in [3.63, 3.8) is 0 Å². The number of anilines is 2. The molecule has 1 aliphatic heterocycles. The molecule has 0 radical (unpaired) electrons. The molecule has 1 aliphatic rings. The number of carbonyl (C=O) groups excluding carboxylic acids is 1. The maximum atomic E-state index is 12.3. The van der Waals surface area contributed by atoms with Crippen LogP contribution in [0.5, 0.6) is 0 Å². The Hall–Kier alpha value is -1.20. The van der Waals surface area contributed by atoms with E-state index in [4.69, 9.17) is 0 Å². The first kappa shape index (κ1) is 17.2. The average molecular weight is 322 g/mol. The lowest BCUT2D eigenvalue weighted by Gasteiger charge is -2.30. The summed E-state index contributed by atoms with van der Waals surface area (Å²) in [5, 5.41) is 13.3. The Bertz CT molecular complexity index is 496. The molecule has 1 heterocycles. The summed E-state index contributed by atoms with van der Waals surface area (Å²) in [7, 11) is 0. The Morgan fingerprint density at radius 1 is 1.32 bits per heavy atom. The van der Waals surface area contributed by atoms with Gasteiger partial charge in [-0.3, -0.25) is 4.79 Å². The Labute approximate surface area is 137 Å². The molecule has 22 heavy (non-hydrogen) atoms. The Morgan fingerprint density at radius 2 is 1.91 bits per heavy atom. The Kier molecular flexibility index (Phi) is 5.75. The van der Waals surface area contributed by atoms with Gasteiger partial charge in [-0.1, -0.05) is 0 Å². The van der Waals surface area contributed by atoms with Crippen LogP contribution >= 0.6 is 11.8 Å². The molecule has 1 fully saturated rings. The second kappa shape index (κ2) is 7.38. The highest BCUT2D eigenvalue weighted by molar-refractivity contribution is 7.99. The van der Waals surface area contributed by atoms with Gasteiger partial charge in [-0.15, -0.1) is 0 Å². The second-order valence-electron chi connectivity index (χ2n) is 6.02. The van der Waals surface area contributed by atoms with Crippen LogP contribution in [-0.2, 0) is 4.79 Å². The third kappa shape index (κ3) is 3.96. The van der Waals surface area contributed by atoms with Crippen LogP contribution in [0.15, 0.2) is 24.3 Å². The van der Waals surface area contributed by atoms with Crippen LogP contribution in [-0.4, -0.2) is 40.7 Å². The SMILES string of the molecule is CCN(c1ccc(NC(=O)C2(O)CCSCC2)cc1)C(C)C. The number of amides is 1. The number of aliphatic hydroxyl groups is 1. The monoisotopic (exact) mass is 322 g/mol. The van der Waals surface area contributed by atoms with E-state index in [9.17, 15) is 9.90 Å². The van der Waals surface area contributed by atoms with E-state index >= 15 is 0 Å². The number of rotatable bonds is 5. The number of carbonyl (C=O) groups is 1. The molecule has 2 rings (SSSR count). The summed E-state index contributed by atoms with van der Waals surface area (Å²) in [6.45, 7) is 7.40. The van der Waals surface area contributed by atoms with Crippen LogP contribution in [0.2, 0.25) is 0 Å². The molecule has 1 aromatic rings. The van der Waals surface area contributed by atoms with Crippen molar-refractivity contribution in [3.05, 3.63) is 24.3 Å². The summed E-state index contributed by atoms with van der Waals surface area (Å²) in [4.78, 5) is 14.6. The molecule has 1 aromatic carbocycles. The molecule has 4 nitrogen and oxygen atoms in total. The van der Waals surface area contributed by atoms with Gasteiger partial charge in [-0.25, -0.2) is 0 Å². The normalized spacial score (nSPS) is 17.3. The summed E-state index contributed by atoms with van der Waals surface area (Å²) < 4.78 is 0. The van der Waals surface area contributed by atoms with Crippen LogP contribution < -0.4 is 10.2 Å². The summed E-state index contributed by atoms with van der Waals surface area (Å²) >= 11 is 1.79. The second-order valence-corrected chi connectivity index (χ2v) is 7.25. The molecule has 5 heteroatoms. The van der Waals surface area contributed by atoms with Crippen molar-refractivity contribution in [1.82, 2.24) is 0 Å². The number of benzene rings is 1. The van der Waals surface area contributed by atoms with Gasteiger partial charge < -0.3 is 15.3 Å². The van der Waals surface area contributed by atoms with E-state index in [0.717, 1.165) is 29.4 Å². The molecule has 2 N–H and O–H groups in total. The average Bonchev–Trinajstić information content (AvgIpc) is 2.50. The van der Waals surface area contributed by atoms with Crippen molar-refractivity contribution < 1.29 is 9.90 Å². The van der Waals surface area contributed by atoms with Crippen LogP contribution in [0.3, 0.4) is 0 Å². The molecule has 0 bridgehead atoms. The maximum Gasteiger partial charge on any atom is 0.256 e. The van der Waals surface area contributed by atoms with Crippen molar-refractivity contribution >= 4 is 29.0 Å². The molecule has 0 atom stereocenters. The highest BCUT2D eigenvalue weighted by Gasteiger charge is 2.37. The summed E-state index contributed by atoms with van der Waals surface area (Å²) in [6.07, 6.45) is 1.05. The van der Waals surface area contributed by atoms with Gasteiger partial charge in [-0.2, -0.15) is 11.8 Å². The Morgan fingerprint density at radius 3 is 2.41 bits per heavy atom. The molecular formula is C17H26N2O2S. The van der Waals surface area contributed by atoms with E-state index < -0.39 is 5.60 Å². The molecular weight excluding hydrogens is 296 g/mol. The summed E-state index contributed by atoms with van der Waals surface area (Å²) in [6, 6.07) is 8.27. The minimum absolute atomic E-state index is 0.281. The lowest BCUT2D eigenvalue weighted by molar-refractivity contribution is -0.134. The van der Waals surface area contributed by atoms with Crippen molar-refractivity contribution in [1.29, 1.82) is 0 Å². The van der Waals surface area contributed by atoms with E-state index in [0.29, 0.717) is 18.9 Å². The van der Waals surface area contributed by atoms with Gasteiger partial charge in [0.1, 0.15) is 5.60 Å². The molecule has 0 spiro atoms. The molecule has 1 amide bonds. The topological polar surface area (TPSA) is 52.6 Å². The van der Waals surface area contributed by atoms with Gasteiger partial charge in [0.25, 0.3) is 5.91 Å². The van der Waals surface area contributed by atoms with E-state index in [-0.39, 0.29) is 5.91 Å². The van der Waals surface area contributed by atoms with Crippen molar-refractivity contribution in [2.75, 3.05) is 28.3 Å². The van der Waals surface area contributed by atoms with Gasteiger partial charge in [0.15, 0.2) is 0 Å². The van der Waals surface area contributed by atoms with Gasteiger partial charge >= 0.3 is 0 Å². The van der Waals surface area contributed by atoms with Gasteiger partial charge in [0, 0.05) is 24.0 Å². The highest BCUT2D eigenvalue weighted by atomic mass is 32.2. The minimum atomic E-state index is -1.21. The Balaban J connectivity index is 2.03. The molecule has 0 saturated carbocycles. The standard InChI is InChI=1S/C17H26N2O2S/c1-4-19(13(2)3)15-7-5-14(6-8-15)18-16(20)17(21)9-11-22-12-10-17/h5-8,13,21H,4,9-12H2,1-3H3,(H,18,20). The van der Waals surface area contributed by atoms with E-state index in [1.807, 2.05) is 24.3 Å². The zero-order valence-corrected chi connectivity index (χ0v) is 14.4. The van der Waals surface area contributed by atoms with Crippen molar-refractivity contribution in [3.8, 4) is 0 Å². The quantitative estimate of drug-likeness (QED) is 0.874. The predicted molar refractivity (Wildman–Crippen MR) is 94.7 cm³/mol. The van der Waals surface area contributed by atoms with Gasteiger partial charge in [-0.05, 0) is 69.4 Å². The number of nitrogens with zero attached hydrogens (tertiary/aromatic N) is 1. The molecule has 0 unspecified atom stereocenters. The largest absolute Gasteiger partial charge is 0.380 e. The third-order valence-corrected chi connectivity index (χ3v) is 5.15. The van der Waals surface area contributed by atoms with Crippen molar-refractivity contribution in [2.24, 2.45) is 0 Å². The van der Waals surface area contributed by atoms with Crippen LogP contribution in [0, 0.1) is 0 Å². The number of hydrogen-bond donors (Lipinski definition) is 2. The lowest BCUT2D eigenvalue weighted by atomic mass is 9.95. The first-order valence-corrected chi connectivity index (χ1v) is 9.10. The van der Waals surface area contributed by atoms with E-state index in [1.165, 1.54) is 0 Å². The predicted octanol–water partition coefficient (Wildman–Crippen LogP) is 3.12. The fourth-order valence-electron chi connectivity index (χ4n) is 2.77. The first-order chi connectivity index (χ1) is 10.5. The molecule has 0 aliphatic carbocycles. The van der Waals surface area contributed by atoms with E-state index in [1.54, 1.807) is 11.8 Å². The highest BCUT2D eigenvalue weighted by Crippen LogP contribution is 2.28. The third-order valence-electron chi connectivity index (χ3n) is 4.16. The molecule has 1 saturated heterocycles. The van der Waals surface area contributed by atoms with Crippen LogP contribution in [0.25, 0.3) is 0 Å².